The van der Waals surface area contributed by atoms with Crippen LogP contribution in [0.4, 0.5) is 11.7 Å². The van der Waals surface area contributed by atoms with E-state index in [0.717, 1.165) is 33.5 Å². The van der Waals surface area contributed by atoms with Crippen LogP contribution in [0, 0.1) is 6.92 Å². The zero-order chi connectivity index (χ0) is 21.6. The van der Waals surface area contributed by atoms with Gasteiger partial charge in [-0.25, -0.2) is 0 Å². The monoisotopic (exact) mass is 414 g/mol. The third-order valence-electron chi connectivity index (χ3n) is 4.88. The molecule has 0 unspecified atom stereocenters. The third-order valence-corrected chi connectivity index (χ3v) is 4.88. The largest absolute Gasteiger partial charge is 0.480 e. The number of anilines is 2. The number of aliphatic carboxylic acids is 1. The Morgan fingerprint density at radius 3 is 2.42 bits per heavy atom. The fraction of sp³-hybridized carbons (Fsp3) is 0.125. The van der Waals surface area contributed by atoms with Crippen molar-refractivity contribution in [3.63, 3.8) is 0 Å². The van der Waals surface area contributed by atoms with Gasteiger partial charge in [0, 0.05) is 17.8 Å². The number of hydrogen-bond acceptors (Lipinski definition) is 6. The minimum Gasteiger partial charge on any atom is -0.480 e. The molecule has 3 aromatic carbocycles. The molecular formula is C24H22N4O3. The first kappa shape index (κ1) is 20.3. The Labute approximate surface area is 179 Å². The fourth-order valence-electron chi connectivity index (χ4n) is 3.32. The lowest BCUT2D eigenvalue weighted by atomic mass is 9.96. The first-order valence-corrected chi connectivity index (χ1v) is 9.87. The molecular weight excluding hydrogens is 392 g/mol. The predicted octanol–water partition coefficient (Wildman–Crippen LogP) is 4.63. The van der Waals surface area contributed by atoms with Gasteiger partial charge in [0.15, 0.2) is 0 Å². The van der Waals surface area contributed by atoms with E-state index in [1.807, 2.05) is 61.5 Å². The summed E-state index contributed by atoms with van der Waals surface area (Å²) in [6, 6.07) is 24.1. The Balaban J connectivity index is 1.47. The number of carbonyl (C=O) groups is 1. The molecule has 0 bridgehead atoms. The van der Waals surface area contributed by atoms with Crippen LogP contribution in [0.25, 0.3) is 22.6 Å². The SMILES string of the molecule is Cc1c(-c2ccccc2)cccc1-c1nnc(Nc2ccc(CNCC(=O)O)cc2)o1. The molecule has 0 saturated carbocycles. The molecule has 1 aromatic heterocycles. The number of carboxylic acids is 1. The quantitative estimate of drug-likeness (QED) is 0.386. The lowest BCUT2D eigenvalue weighted by Gasteiger charge is -2.09. The molecule has 7 nitrogen and oxygen atoms in total. The molecule has 0 aliphatic heterocycles. The highest BCUT2D eigenvalue weighted by molar-refractivity contribution is 5.75. The van der Waals surface area contributed by atoms with Crippen LogP contribution in [0.15, 0.2) is 77.2 Å². The maximum Gasteiger partial charge on any atom is 0.320 e. The highest BCUT2D eigenvalue weighted by Gasteiger charge is 2.14. The van der Waals surface area contributed by atoms with Crippen molar-refractivity contribution in [3.8, 4) is 22.6 Å². The summed E-state index contributed by atoms with van der Waals surface area (Å²) in [5.74, 6) is -0.428. The molecule has 7 heteroatoms. The Morgan fingerprint density at radius 1 is 0.935 bits per heavy atom. The molecule has 0 amide bonds. The molecule has 0 fully saturated rings. The Bertz CT molecular complexity index is 1170. The highest BCUT2D eigenvalue weighted by Crippen LogP contribution is 2.32. The number of benzene rings is 3. The summed E-state index contributed by atoms with van der Waals surface area (Å²) in [6.45, 7) is 2.45. The van der Waals surface area contributed by atoms with E-state index in [9.17, 15) is 4.79 Å². The topological polar surface area (TPSA) is 100 Å². The van der Waals surface area contributed by atoms with E-state index in [4.69, 9.17) is 9.52 Å². The standard InChI is InChI=1S/C24H22N4O3/c1-16-20(18-6-3-2-4-7-18)8-5-9-21(16)23-27-28-24(31-23)26-19-12-10-17(11-13-19)14-25-15-22(29)30/h2-13,25H,14-15H2,1H3,(H,26,28)(H,29,30). The fourth-order valence-corrected chi connectivity index (χ4v) is 3.32. The number of aromatic nitrogens is 2. The second-order valence-corrected chi connectivity index (χ2v) is 7.08. The van der Waals surface area contributed by atoms with E-state index in [1.54, 1.807) is 0 Å². The van der Waals surface area contributed by atoms with Gasteiger partial charge in [-0.05, 0) is 47.4 Å². The van der Waals surface area contributed by atoms with Gasteiger partial charge in [0.05, 0.1) is 6.54 Å². The van der Waals surface area contributed by atoms with Gasteiger partial charge in [0.25, 0.3) is 0 Å². The zero-order valence-corrected chi connectivity index (χ0v) is 17.0. The lowest BCUT2D eigenvalue weighted by Crippen LogP contribution is -2.21. The molecule has 31 heavy (non-hydrogen) atoms. The van der Waals surface area contributed by atoms with Crippen LogP contribution in [0.5, 0.6) is 0 Å². The van der Waals surface area contributed by atoms with Gasteiger partial charge in [0.2, 0.25) is 5.89 Å². The van der Waals surface area contributed by atoms with Crippen molar-refractivity contribution in [1.82, 2.24) is 15.5 Å². The molecule has 0 atom stereocenters. The summed E-state index contributed by atoms with van der Waals surface area (Å²) in [4.78, 5) is 10.6. The summed E-state index contributed by atoms with van der Waals surface area (Å²) in [7, 11) is 0. The highest BCUT2D eigenvalue weighted by atomic mass is 16.4. The van der Waals surface area contributed by atoms with Gasteiger partial charge in [-0.1, -0.05) is 59.7 Å². The number of carboxylic acid groups (broad SMARTS) is 1. The molecule has 0 aliphatic carbocycles. The minimum absolute atomic E-state index is 0.0738. The Kier molecular flexibility index (Phi) is 6.05. The normalized spacial score (nSPS) is 10.7. The van der Waals surface area contributed by atoms with Crippen LogP contribution in [0.2, 0.25) is 0 Å². The van der Waals surface area contributed by atoms with Crippen molar-refractivity contribution in [3.05, 3.63) is 83.9 Å². The van der Waals surface area contributed by atoms with Crippen molar-refractivity contribution in [1.29, 1.82) is 0 Å². The molecule has 0 radical (unpaired) electrons. The zero-order valence-electron chi connectivity index (χ0n) is 17.0. The average molecular weight is 414 g/mol. The first-order valence-electron chi connectivity index (χ1n) is 9.87. The van der Waals surface area contributed by atoms with Crippen LogP contribution in [-0.4, -0.2) is 27.8 Å². The van der Waals surface area contributed by atoms with Gasteiger partial charge in [-0.3, -0.25) is 4.79 Å². The summed E-state index contributed by atoms with van der Waals surface area (Å²) in [6.07, 6.45) is 0. The molecule has 4 aromatic rings. The summed E-state index contributed by atoms with van der Waals surface area (Å²) in [5.41, 5.74) is 6.00. The van der Waals surface area contributed by atoms with Crippen LogP contribution in [0.1, 0.15) is 11.1 Å². The van der Waals surface area contributed by atoms with Gasteiger partial charge >= 0.3 is 12.0 Å². The molecule has 0 saturated heterocycles. The van der Waals surface area contributed by atoms with E-state index in [0.29, 0.717) is 18.5 Å². The van der Waals surface area contributed by atoms with Crippen LogP contribution in [0.3, 0.4) is 0 Å². The Morgan fingerprint density at radius 2 is 1.68 bits per heavy atom. The number of rotatable bonds is 8. The lowest BCUT2D eigenvalue weighted by molar-refractivity contribution is -0.135. The van der Waals surface area contributed by atoms with Crippen molar-refractivity contribution in [2.45, 2.75) is 13.5 Å². The summed E-state index contributed by atoms with van der Waals surface area (Å²) >= 11 is 0. The summed E-state index contributed by atoms with van der Waals surface area (Å²) in [5, 5.41) is 23.0. The molecule has 3 N–H and O–H groups in total. The van der Waals surface area contributed by atoms with Gasteiger partial charge in [0.1, 0.15) is 0 Å². The number of nitrogens with one attached hydrogen (secondary N) is 2. The third kappa shape index (κ3) is 4.96. The first-order chi connectivity index (χ1) is 15.1. The Hall–Kier alpha value is -3.97. The molecule has 1 heterocycles. The van der Waals surface area contributed by atoms with Crippen LogP contribution >= 0.6 is 0 Å². The maximum atomic E-state index is 10.6. The molecule has 0 aliphatic rings. The van der Waals surface area contributed by atoms with E-state index in [-0.39, 0.29) is 6.54 Å². The van der Waals surface area contributed by atoms with Crippen LogP contribution < -0.4 is 10.6 Å². The number of nitrogens with zero attached hydrogens (tertiary/aromatic N) is 2. The molecule has 0 spiro atoms. The predicted molar refractivity (Wildman–Crippen MR) is 119 cm³/mol. The van der Waals surface area contributed by atoms with Gasteiger partial charge < -0.3 is 20.2 Å². The average Bonchev–Trinajstić information content (AvgIpc) is 3.24. The van der Waals surface area contributed by atoms with Crippen molar-refractivity contribution >= 4 is 17.7 Å². The molecule has 156 valence electrons. The maximum absolute atomic E-state index is 10.6. The smallest absolute Gasteiger partial charge is 0.320 e. The van der Waals surface area contributed by atoms with Gasteiger partial charge in [-0.15, -0.1) is 5.10 Å². The van der Waals surface area contributed by atoms with E-state index < -0.39 is 5.97 Å². The van der Waals surface area contributed by atoms with Crippen molar-refractivity contribution in [2.24, 2.45) is 0 Å². The van der Waals surface area contributed by atoms with E-state index in [1.165, 1.54) is 0 Å². The summed E-state index contributed by atoms with van der Waals surface area (Å²) < 4.78 is 5.86. The van der Waals surface area contributed by atoms with Crippen molar-refractivity contribution < 1.29 is 14.3 Å². The molecule has 4 rings (SSSR count). The minimum atomic E-state index is -0.880. The number of hydrogen-bond donors (Lipinski definition) is 3. The van der Waals surface area contributed by atoms with E-state index >= 15 is 0 Å². The second-order valence-electron chi connectivity index (χ2n) is 7.08. The van der Waals surface area contributed by atoms with E-state index in [2.05, 4.69) is 39.0 Å². The van der Waals surface area contributed by atoms with Gasteiger partial charge in [-0.2, -0.15) is 0 Å². The van der Waals surface area contributed by atoms with Crippen LogP contribution in [-0.2, 0) is 11.3 Å². The van der Waals surface area contributed by atoms with Crippen molar-refractivity contribution in [2.75, 3.05) is 11.9 Å². The second kappa shape index (κ2) is 9.23.